The highest BCUT2D eigenvalue weighted by molar-refractivity contribution is 7.85. The largest absolute Gasteiger partial charge is 0.307 e. The molecule has 0 aliphatic carbocycles. The first-order chi connectivity index (χ1) is 8.08. The van der Waals surface area contributed by atoms with Gasteiger partial charge in [-0.15, -0.1) is 0 Å². The summed E-state index contributed by atoms with van der Waals surface area (Å²) in [5.41, 5.74) is 0.765. The Morgan fingerprint density at radius 3 is 2.88 bits per heavy atom. The lowest BCUT2D eigenvalue weighted by atomic mass is 10.1. The van der Waals surface area contributed by atoms with Gasteiger partial charge in [0.25, 0.3) is 0 Å². The molecule has 2 heterocycles. The first-order valence-corrected chi connectivity index (χ1v) is 7.18. The molecule has 1 fully saturated rings. The average Bonchev–Trinajstić information content (AvgIpc) is 2.42. The van der Waals surface area contributed by atoms with E-state index in [1.165, 1.54) is 12.3 Å². The third kappa shape index (κ3) is 2.90. The Morgan fingerprint density at radius 1 is 1.47 bits per heavy atom. The second-order valence-electron chi connectivity index (χ2n) is 4.64. The van der Waals surface area contributed by atoms with Gasteiger partial charge in [0, 0.05) is 16.6 Å². The maximum atomic E-state index is 12.8. The lowest BCUT2D eigenvalue weighted by Gasteiger charge is -2.21. The summed E-state index contributed by atoms with van der Waals surface area (Å²) in [5, 5.41) is 3.37. The van der Waals surface area contributed by atoms with E-state index in [1.54, 1.807) is 6.07 Å². The highest BCUT2D eigenvalue weighted by Gasteiger charge is 2.29. The van der Waals surface area contributed by atoms with Gasteiger partial charge in [0.1, 0.15) is 5.82 Å². The number of rotatable bonds is 1. The summed E-state index contributed by atoms with van der Waals surface area (Å²) >= 11 is 0. The lowest BCUT2D eigenvalue weighted by Crippen LogP contribution is -2.31. The van der Waals surface area contributed by atoms with E-state index in [0.29, 0.717) is 11.7 Å². The fraction of sp³-hybridized carbons (Fsp3) is 0.583. The number of halogens is 1. The first-order valence-electron chi connectivity index (χ1n) is 5.80. The SMILES string of the molecule is CC1CNC(c2ccc(F)cn2)C(C)S(=O)C1. The molecule has 0 aromatic carbocycles. The highest BCUT2D eigenvalue weighted by Crippen LogP contribution is 2.23. The minimum atomic E-state index is -0.865. The van der Waals surface area contributed by atoms with Crippen molar-refractivity contribution in [2.45, 2.75) is 25.1 Å². The zero-order valence-corrected chi connectivity index (χ0v) is 10.8. The van der Waals surface area contributed by atoms with Crippen molar-refractivity contribution in [3.63, 3.8) is 0 Å². The van der Waals surface area contributed by atoms with Crippen molar-refractivity contribution in [2.24, 2.45) is 5.92 Å². The number of pyridine rings is 1. The van der Waals surface area contributed by atoms with E-state index < -0.39 is 10.8 Å². The van der Waals surface area contributed by atoms with E-state index in [-0.39, 0.29) is 17.1 Å². The number of nitrogens with one attached hydrogen (secondary N) is 1. The molecule has 1 aliphatic heterocycles. The Hall–Kier alpha value is -0.810. The molecule has 0 amide bonds. The molecular formula is C12H17FN2OS. The fourth-order valence-corrected chi connectivity index (χ4v) is 3.57. The normalized spacial score (nSPS) is 34.3. The molecule has 1 N–H and O–H groups in total. The molecule has 4 atom stereocenters. The van der Waals surface area contributed by atoms with Crippen LogP contribution in [0.3, 0.4) is 0 Å². The van der Waals surface area contributed by atoms with Crippen LogP contribution in [-0.4, -0.2) is 26.7 Å². The molecular weight excluding hydrogens is 239 g/mol. The second kappa shape index (κ2) is 5.23. The van der Waals surface area contributed by atoms with Crippen molar-refractivity contribution in [2.75, 3.05) is 12.3 Å². The molecule has 17 heavy (non-hydrogen) atoms. The van der Waals surface area contributed by atoms with Gasteiger partial charge in [-0.25, -0.2) is 4.39 Å². The topological polar surface area (TPSA) is 42.0 Å². The molecule has 5 heteroatoms. The van der Waals surface area contributed by atoms with Crippen molar-refractivity contribution in [1.82, 2.24) is 10.3 Å². The van der Waals surface area contributed by atoms with Crippen LogP contribution < -0.4 is 5.32 Å². The molecule has 2 rings (SSSR count). The van der Waals surface area contributed by atoms with E-state index in [4.69, 9.17) is 0 Å². The van der Waals surface area contributed by atoms with E-state index in [9.17, 15) is 8.60 Å². The van der Waals surface area contributed by atoms with Crippen molar-refractivity contribution in [3.05, 3.63) is 29.8 Å². The van der Waals surface area contributed by atoms with Crippen LogP contribution in [0, 0.1) is 11.7 Å². The van der Waals surface area contributed by atoms with Gasteiger partial charge < -0.3 is 5.32 Å². The Kier molecular flexibility index (Phi) is 3.89. The predicted octanol–water partition coefficient (Wildman–Crippen LogP) is 1.64. The third-order valence-corrected chi connectivity index (χ3v) is 5.09. The van der Waals surface area contributed by atoms with Crippen LogP contribution in [0.15, 0.2) is 18.3 Å². The molecule has 1 aromatic rings. The standard InChI is InChI=1S/C12H17FN2OS/c1-8-5-15-12(9(2)17(16)7-8)11-4-3-10(13)6-14-11/h3-4,6,8-9,12,15H,5,7H2,1-2H3. The van der Waals surface area contributed by atoms with Gasteiger partial charge in [-0.05, 0) is 31.5 Å². The van der Waals surface area contributed by atoms with Gasteiger partial charge in [-0.1, -0.05) is 6.92 Å². The van der Waals surface area contributed by atoms with Gasteiger partial charge in [-0.3, -0.25) is 9.19 Å². The van der Waals surface area contributed by atoms with E-state index in [2.05, 4.69) is 17.2 Å². The second-order valence-corrected chi connectivity index (χ2v) is 6.48. The third-order valence-electron chi connectivity index (χ3n) is 3.09. The number of hydrogen-bond acceptors (Lipinski definition) is 3. The predicted molar refractivity (Wildman–Crippen MR) is 66.6 cm³/mol. The van der Waals surface area contributed by atoms with Crippen LogP contribution in [0.25, 0.3) is 0 Å². The van der Waals surface area contributed by atoms with Gasteiger partial charge in [0.15, 0.2) is 0 Å². The Labute approximate surface area is 103 Å². The van der Waals surface area contributed by atoms with Gasteiger partial charge in [0.05, 0.1) is 23.2 Å². The van der Waals surface area contributed by atoms with Crippen molar-refractivity contribution in [1.29, 1.82) is 0 Å². The van der Waals surface area contributed by atoms with Crippen LogP contribution in [0.5, 0.6) is 0 Å². The molecule has 94 valence electrons. The smallest absolute Gasteiger partial charge is 0.141 e. The van der Waals surface area contributed by atoms with Gasteiger partial charge >= 0.3 is 0 Å². The van der Waals surface area contributed by atoms with E-state index >= 15 is 0 Å². The monoisotopic (exact) mass is 256 g/mol. The van der Waals surface area contributed by atoms with Crippen molar-refractivity contribution < 1.29 is 8.60 Å². The first kappa shape index (κ1) is 12.6. The summed E-state index contributed by atoms with van der Waals surface area (Å²) in [5.74, 6) is 0.763. The van der Waals surface area contributed by atoms with Crippen molar-refractivity contribution in [3.8, 4) is 0 Å². The minimum absolute atomic E-state index is 0.00193. The molecule has 0 spiro atoms. The van der Waals surface area contributed by atoms with Gasteiger partial charge in [0.2, 0.25) is 0 Å². The van der Waals surface area contributed by atoms with E-state index in [0.717, 1.165) is 12.2 Å². The molecule has 0 saturated carbocycles. The summed E-state index contributed by atoms with van der Waals surface area (Å²) in [7, 11) is -0.865. The molecule has 1 aliphatic rings. The van der Waals surface area contributed by atoms with Crippen LogP contribution >= 0.6 is 0 Å². The molecule has 1 saturated heterocycles. The lowest BCUT2D eigenvalue weighted by molar-refractivity contribution is 0.479. The quantitative estimate of drug-likeness (QED) is 0.830. The molecule has 3 nitrogen and oxygen atoms in total. The number of nitrogens with zero attached hydrogens (tertiary/aromatic N) is 1. The Balaban J connectivity index is 2.24. The van der Waals surface area contributed by atoms with E-state index in [1.807, 2.05) is 6.92 Å². The van der Waals surface area contributed by atoms with Gasteiger partial charge in [-0.2, -0.15) is 0 Å². The molecule has 0 radical (unpaired) electrons. The maximum absolute atomic E-state index is 12.8. The Morgan fingerprint density at radius 2 is 2.24 bits per heavy atom. The van der Waals surface area contributed by atoms with Crippen molar-refractivity contribution >= 4 is 10.8 Å². The average molecular weight is 256 g/mol. The van der Waals surface area contributed by atoms with Crippen LogP contribution in [0.4, 0.5) is 4.39 Å². The summed E-state index contributed by atoms with van der Waals surface area (Å²) < 4.78 is 24.9. The summed E-state index contributed by atoms with van der Waals surface area (Å²) in [4.78, 5) is 4.08. The number of hydrogen-bond donors (Lipinski definition) is 1. The molecule has 0 bridgehead atoms. The summed E-state index contributed by atoms with van der Waals surface area (Å²) in [6, 6.07) is 3.01. The zero-order valence-electron chi connectivity index (χ0n) is 10.0. The maximum Gasteiger partial charge on any atom is 0.141 e. The molecule has 1 aromatic heterocycles. The summed E-state index contributed by atoms with van der Waals surface area (Å²) in [6.07, 6.45) is 1.21. The minimum Gasteiger partial charge on any atom is -0.307 e. The van der Waals surface area contributed by atoms with Crippen LogP contribution in [0.1, 0.15) is 25.6 Å². The fourth-order valence-electron chi connectivity index (χ4n) is 2.05. The summed E-state index contributed by atoms with van der Waals surface area (Å²) in [6.45, 7) is 4.86. The number of aromatic nitrogens is 1. The Bertz CT molecular complexity index is 409. The highest BCUT2D eigenvalue weighted by atomic mass is 32.2. The molecule has 4 unspecified atom stereocenters. The zero-order chi connectivity index (χ0) is 12.4. The van der Waals surface area contributed by atoms with Crippen LogP contribution in [0.2, 0.25) is 0 Å². The van der Waals surface area contributed by atoms with Crippen LogP contribution in [-0.2, 0) is 10.8 Å².